The van der Waals surface area contributed by atoms with Gasteiger partial charge in [-0.05, 0) is 43.0 Å². The average Bonchev–Trinajstić information content (AvgIpc) is 3.13. The molecule has 1 aromatic carbocycles. The molecule has 31 heavy (non-hydrogen) atoms. The number of sulfone groups is 1. The number of carbonyl (C=O) groups is 1. The molecule has 0 spiro atoms. The lowest BCUT2D eigenvalue weighted by molar-refractivity contribution is 0.0714. The van der Waals surface area contributed by atoms with Gasteiger partial charge in [-0.1, -0.05) is 13.8 Å². The first-order chi connectivity index (χ1) is 14.7. The fourth-order valence-corrected chi connectivity index (χ4v) is 6.12. The fraction of sp³-hybridized carbons (Fsp3) is 0.545. The number of aromatic nitrogens is 2. The number of carbonyl (C=O) groups excluding carboxylic acids is 1. The van der Waals surface area contributed by atoms with Crippen LogP contribution in [0, 0.1) is 5.92 Å². The summed E-state index contributed by atoms with van der Waals surface area (Å²) in [6, 6.07) is 7.16. The predicted molar refractivity (Wildman–Crippen MR) is 119 cm³/mol. The molecule has 1 fully saturated rings. The number of methoxy groups -OCH3 is 2. The first-order valence-electron chi connectivity index (χ1n) is 10.4. The topological polar surface area (TPSA) is 90.7 Å². The molecule has 1 saturated heterocycles. The summed E-state index contributed by atoms with van der Waals surface area (Å²) in [7, 11) is 1.76. The third kappa shape index (κ3) is 5.03. The van der Waals surface area contributed by atoms with Gasteiger partial charge in [0.05, 0.1) is 30.9 Å². The zero-order chi connectivity index (χ0) is 22.8. The van der Waals surface area contributed by atoms with Crippen molar-refractivity contribution in [2.45, 2.75) is 31.9 Å². The van der Waals surface area contributed by atoms with Crippen LogP contribution in [0.25, 0.3) is 11.3 Å². The van der Waals surface area contributed by atoms with Gasteiger partial charge in [0.1, 0.15) is 17.2 Å². The highest BCUT2D eigenvalue weighted by atomic mass is 32.2. The molecule has 1 aliphatic rings. The Balaban J connectivity index is 1.77. The second kappa shape index (κ2) is 9.30. The van der Waals surface area contributed by atoms with Crippen LogP contribution in [0.4, 0.5) is 0 Å². The molecule has 9 heteroatoms. The molecule has 0 radical (unpaired) electrons. The van der Waals surface area contributed by atoms with E-state index in [-0.39, 0.29) is 22.8 Å². The van der Waals surface area contributed by atoms with Crippen LogP contribution in [0.5, 0.6) is 11.5 Å². The third-order valence-electron chi connectivity index (χ3n) is 5.58. The summed E-state index contributed by atoms with van der Waals surface area (Å²) < 4.78 is 37.4. The van der Waals surface area contributed by atoms with Gasteiger partial charge in [0, 0.05) is 25.7 Å². The highest BCUT2D eigenvalue weighted by Gasteiger charge is 2.33. The second-order valence-electron chi connectivity index (χ2n) is 8.32. The van der Waals surface area contributed by atoms with Crippen molar-refractivity contribution in [2.24, 2.45) is 13.0 Å². The van der Waals surface area contributed by atoms with Gasteiger partial charge >= 0.3 is 0 Å². The van der Waals surface area contributed by atoms with E-state index in [0.717, 1.165) is 5.56 Å². The van der Waals surface area contributed by atoms with E-state index in [0.29, 0.717) is 48.8 Å². The summed E-state index contributed by atoms with van der Waals surface area (Å²) in [6.45, 7) is 4.66. The van der Waals surface area contributed by atoms with Crippen LogP contribution in [0.1, 0.15) is 37.2 Å². The molecule has 1 amide bonds. The molecule has 1 aliphatic heterocycles. The highest BCUT2D eigenvalue weighted by molar-refractivity contribution is 7.92. The number of likely N-dealkylation sites (tertiary alicyclic amines) is 1. The molecule has 0 unspecified atom stereocenters. The lowest BCUT2D eigenvalue weighted by Crippen LogP contribution is -2.43. The lowest BCUT2D eigenvalue weighted by Gasteiger charge is -2.32. The van der Waals surface area contributed by atoms with Gasteiger partial charge in [-0.15, -0.1) is 0 Å². The number of benzene rings is 1. The Hall–Kier alpha value is -2.55. The highest BCUT2D eigenvalue weighted by Crippen LogP contribution is 2.33. The molecule has 8 nitrogen and oxygen atoms in total. The Morgan fingerprint density at radius 2 is 1.84 bits per heavy atom. The summed E-state index contributed by atoms with van der Waals surface area (Å²) >= 11 is 0. The van der Waals surface area contributed by atoms with Gasteiger partial charge in [0.25, 0.3) is 5.91 Å². The average molecular weight is 450 g/mol. The van der Waals surface area contributed by atoms with Crippen molar-refractivity contribution in [1.29, 1.82) is 0 Å². The van der Waals surface area contributed by atoms with Crippen molar-refractivity contribution in [3.05, 3.63) is 30.0 Å². The van der Waals surface area contributed by atoms with E-state index in [1.807, 2.05) is 19.9 Å². The molecular weight excluding hydrogens is 418 g/mol. The molecule has 2 aromatic rings. The number of nitrogens with zero attached hydrogens (tertiary/aromatic N) is 3. The van der Waals surface area contributed by atoms with Crippen molar-refractivity contribution in [3.8, 4) is 22.8 Å². The largest absolute Gasteiger partial charge is 0.497 e. The Bertz CT molecular complexity index is 1040. The van der Waals surface area contributed by atoms with E-state index >= 15 is 0 Å². The van der Waals surface area contributed by atoms with Crippen molar-refractivity contribution in [1.82, 2.24) is 14.7 Å². The molecule has 2 heterocycles. The van der Waals surface area contributed by atoms with Crippen LogP contribution < -0.4 is 9.47 Å². The number of hydrogen-bond donors (Lipinski definition) is 0. The Morgan fingerprint density at radius 1 is 1.16 bits per heavy atom. The van der Waals surface area contributed by atoms with Crippen LogP contribution in [0.15, 0.2) is 24.3 Å². The third-order valence-corrected chi connectivity index (χ3v) is 8.20. The van der Waals surface area contributed by atoms with E-state index < -0.39 is 9.84 Å². The molecule has 1 aromatic heterocycles. The Kier molecular flexibility index (Phi) is 6.93. The lowest BCUT2D eigenvalue weighted by atomic mass is 10.1. The standard InChI is InChI=1S/C22H31N3O5S/c1-15(2)14-31(27,28)17-8-10-25(11-9-17)22(26)20-13-19(23-24(20)3)18-12-16(29-4)6-7-21(18)30-5/h6-7,12-13,15,17H,8-11,14H2,1-5H3. The smallest absolute Gasteiger partial charge is 0.272 e. The first-order valence-corrected chi connectivity index (χ1v) is 12.1. The van der Waals surface area contributed by atoms with Crippen molar-refractivity contribution in [2.75, 3.05) is 33.1 Å². The normalized spacial score (nSPS) is 15.4. The molecule has 3 rings (SSSR count). The predicted octanol–water partition coefficient (Wildman–Crippen LogP) is 2.78. The minimum Gasteiger partial charge on any atom is -0.497 e. The van der Waals surface area contributed by atoms with Gasteiger partial charge in [0.15, 0.2) is 9.84 Å². The number of amides is 1. The van der Waals surface area contributed by atoms with E-state index in [1.54, 1.807) is 49.0 Å². The second-order valence-corrected chi connectivity index (χ2v) is 10.6. The van der Waals surface area contributed by atoms with Crippen LogP contribution in [0.2, 0.25) is 0 Å². The maximum atomic E-state index is 13.1. The fourth-order valence-electron chi connectivity index (χ4n) is 3.99. The van der Waals surface area contributed by atoms with Crippen LogP contribution in [-0.4, -0.2) is 67.3 Å². The molecule has 0 saturated carbocycles. The summed E-state index contributed by atoms with van der Waals surface area (Å²) in [5.74, 6) is 1.45. The summed E-state index contributed by atoms with van der Waals surface area (Å²) in [4.78, 5) is 14.8. The van der Waals surface area contributed by atoms with Gasteiger partial charge in [-0.2, -0.15) is 5.10 Å². The van der Waals surface area contributed by atoms with Crippen LogP contribution in [-0.2, 0) is 16.9 Å². The summed E-state index contributed by atoms with van der Waals surface area (Å²) in [5.41, 5.74) is 1.79. The molecule has 0 aliphatic carbocycles. The van der Waals surface area contributed by atoms with E-state index in [4.69, 9.17) is 9.47 Å². The Labute approximate surface area is 184 Å². The SMILES string of the molecule is COc1ccc(OC)c(-c2cc(C(=O)N3CCC(S(=O)(=O)CC(C)C)CC3)n(C)n2)c1. The molecule has 0 atom stereocenters. The number of piperidine rings is 1. The van der Waals surface area contributed by atoms with Gasteiger partial charge in [-0.3, -0.25) is 9.48 Å². The maximum absolute atomic E-state index is 13.1. The molecule has 0 N–H and O–H groups in total. The number of aryl methyl sites for hydroxylation is 1. The minimum atomic E-state index is -3.13. The van der Waals surface area contributed by atoms with Crippen LogP contribution in [0.3, 0.4) is 0 Å². The van der Waals surface area contributed by atoms with E-state index in [9.17, 15) is 13.2 Å². The quantitative estimate of drug-likeness (QED) is 0.646. The Morgan fingerprint density at radius 3 is 2.42 bits per heavy atom. The number of rotatable bonds is 7. The van der Waals surface area contributed by atoms with Gasteiger partial charge in [0.2, 0.25) is 0 Å². The summed E-state index contributed by atoms with van der Waals surface area (Å²) in [6.07, 6.45) is 0.935. The van der Waals surface area contributed by atoms with Gasteiger partial charge < -0.3 is 14.4 Å². The van der Waals surface area contributed by atoms with E-state index in [1.165, 1.54) is 0 Å². The van der Waals surface area contributed by atoms with Crippen LogP contribution >= 0.6 is 0 Å². The number of hydrogen-bond acceptors (Lipinski definition) is 6. The maximum Gasteiger partial charge on any atom is 0.272 e. The van der Waals surface area contributed by atoms with Crippen molar-refractivity contribution < 1.29 is 22.7 Å². The monoisotopic (exact) mass is 449 g/mol. The summed E-state index contributed by atoms with van der Waals surface area (Å²) in [5, 5.41) is 4.13. The van der Waals surface area contributed by atoms with Crippen molar-refractivity contribution >= 4 is 15.7 Å². The molecule has 0 bridgehead atoms. The van der Waals surface area contributed by atoms with Crippen molar-refractivity contribution in [3.63, 3.8) is 0 Å². The zero-order valence-electron chi connectivity index (χ0n) is 18.8. The first kappa shape index (κ1) is 23.1. The molecular formula is C22H31N3O5S. The van der Waals surface area contributed by atoms with E-state index in [2.05, 4.69) is 5.10 Å². The number of ether oxygens (including phenoxy) is 2. The minimum absolute atomic E-state index is 0.103. The zero-order valence-corrected chi connectivity index (χ0v) is 19.6. The van der Waals surface area contributed by atoms with Gasteiger partial charge in [-0.25, -0.2) is 8.42 Å². The molecule has 170 valence electrons.